The molecule has 0 bridgehead atoms. The summed E-state index contributed by atoms with van der Waals surface area (Å²) in [5, 5.41) is 17.1. The van der Waals surface area contributed by atoms with Crippen LogP contribution < -0.4 is 11.1 Å². The molecule has 1 fully saturated rings. The fourth-order valence-corrected chi connectivity index (χ4v) is 2.99. The molecule has 0 aliphatic heterocycles. The number of halogens is 1. The number of amides is 1. The predicted octanol–water partition coefficient (Wildman–Crippen LogP) is 1.86. The highest BCUT2D eigenvalue weighted by atomic mass is 35.5. The molecule has 7 heteroatoms. The van der Waals surface area contributed by atoms with Crippen LogP contribution in [-0.4, -0.2) is 33.4 Å². The smallest absolute Gasteiger partial charge is 0.275 e. The van der Waals surface area contributed by atoms with Crippen LogP contribution in [0.1, 0.15) is 29.8 Å². The van der Waals surface area contributed by atoms with Gasteiger partial charge in [0.15, 0.2) is 11.4 Å². The third-order valence-corrected chi connectivity index (χ3v) is 4.21. The van der Waals surface area contributed by atoms with Crippen molar-refractivity contribution >= 4 is 18.3 Å². The van der Waals surface area contributed by atoms with E-state index in [4.69, 9.17) is 5.73 Å². The van der Waals surface area contributed by atoms with Crippen LogP contribution in [0.25, 0.3) is 5.69 Å². The Bertz CT molecular complexity index is 659. The normalized spacial score (nSPS) is 20.0. The molecule has 2 unspecified atom stereocenters. The van der Waals surface area contributed by atoms with E-state index in [2.05, 4.69) is 10.4 Å². The summed E-state index contributed by atoms with van der Waals surface area (Å²) in [6, 6.07) is 9.42. The summed E-state index contributed by atoms with van der Waals surface area (Å²) in [5.74, 6) is -0.163. The molecule has 1 aromatic carbocycles. The molecule has 3 rings (SSSR count). The molecular formula is C16H21ClN4O2. The lowest BCUT2D eigenvalue weighted by molar-refractivity contribution is 0.0920. The lowest BCUT2D eigenvalue weighted by Gasteiger charge is -2.18. The number of aromatic nitrogens is 2. The van der Waals surface area contributed by atoms with Gasteiger partial charge >= 0.3 is 0 Å². The number of nitrogens with one attached hydrogen (secondary N) is 1. The highest BCUT2D eigenvalue weighted by molar-refractivity contribution is 5.95. The second-order valence-corrected chi connectivity index (χ2v) is 5.65. The second kappa shape index (κ2) is 7.48. The monoisotopic (exact) mass is 336 g/mol. The zero-order chi connectivity index (χ0) is 15.5. The third-order valence-electron chi connectivity index (χ3n) is 4.21. The number of para-hydroxylation sites is 1. The maximum atomic E-state index is 12.3. The van der Waals surface area contributed by atoms with Gasteiger partial charge in [0.25, 0.3) is 5.91 Å². The standard InChI is InChI=1S/C16H20N4O2.ClH/c17-9-11-5-4-8-13(11)18-16(22)15-14(21)10-20(19-15)12-6-2-1-3-7-12;/h1-3,6-7,10-11,13,21H,4-5,8-9,17H2,(H,18,22);1H. The van der Waals surface area contributed by atoms with Crippen molar-refractivity contribution in [3.63, 3.8) is 0 Å². The molecule has 124 valence electrons. The zero-order valence-electron chi connectivity index (χ0n) is 12.7. The zero-order valence-corrected chi connectivity index (χ0v) is 13.5. The van der Waals surface area contributed by atoms with E-state index < -0.39 is 0 Å². The van der Waals surface area contributed by atoms with Gasteiger partial charge in [-0.1, -0.05) is 24.6 Å². The summed E-state index contributed by atoms with van der Waals surface area (Å²) in [4.78, 5) is 12.3. The summed E-state index contributed by atoms with van der Waals surface area (Å²) in [6.07, 6.45) is 4.47. The average Bonchev–Trinajstić information content (AvgIpc) is 3.14. The van der Waals surface area contributed by atoms with Crippen molar-refractivity contribution in [2.45, 2.75) is 25.3 Å². The van der Waals surface area contributed by atoms with Crippen molar-refractivity contribution < 1.29 is 9.90 Å². The number of carbonyl (C=O) groups is 1. The number of nitrogens with two attached hydrogens (primary N) is 1. The van der Waals surface area contributed by atoms with Gasteiger partial charge in [0.05, 0.1) is 11.9 Å². The molecule has 0 spiro atoms. The molecule has 6 nitrogen and oxygen atoms in total. The minimum absolute atomic E-state index is 0. The highest BCUT2D eigenvalue weighted by Gasteiger charge is 2.29. The highest BCUT2D eigenvalue weighted by Crippen LogP contribution is 2.25. The van der Waals surface area contributed by atoms with Gasteiger partial charge < -0.3 is 16.2 Å². The van der Waals surface area contributed by atoms with Crippen LogP contribution in [0.3, 0.4) is 0 Å². The van der Waals surface area contributed by atoms with Crippen LogP contribution >= 0.6 is 12.4 Å². The summed E-state index contributed by atoms with van der Waals surface area (Å²) in [7, 11) is 0. The fraction of sp³-hybridized carbons (Fsp3) is 0.375. The Labute approximate surface area is 141 Å². The van der Waals surface area contributed by atoms with E-state index in [9.17, 15) is 9.90 Å². The lowest BCUT2D eigenvalue weighted by Crippen LogP contribution is -2.40. The average molecular weight is 337 g/mol. The first kappa shape index (κ1) is 17.3. The molecule has 2 aromatic rings. The SMILES string of the molecule is Cl.NCC1CCCC1NC(=O)c1nn(-c2ccccc2)cc1O. The van der Waals surface area contributed by atoms with Crippen molar-refractivity contribution in [1.29, 1.82) is 0 Å². The van der Waals surface area contributed by atoms with Gasteiger partial charge in [0, 0.05) is 6.04 Å². The maximum Gasteiger partial charge on any atom is 0.275 e. The largest absolute Gasteiger partial charge is 0.504 e. The van der Waals surface area contributed by atoms with Crippen molar-refractivity contribution in [2.24, 2.45) is 11.7 Å². The van der Waals surface area contributed by atoms with Gasteiger partial charge in [-0.05, 0) is 37.4 Å². The molecule has 0 saturated heterocycles. The van der Waals surface area contributed by atoms with Crippen LogP contribution in [0.2, 0.25) is 0 Å². The number of hydrogen-bond donors (Lipinski definition) is 3. The number of hydrogen-bond acceptors (Lipinski definition) is 4. The van der Waals surface area contributed by atoms with Gasteiger partial charge in [0.2, 0.25) is 0 Å². The van der Waals surface area contributed by atoms with Crippen LogP contribution in [-0.2, 0) is 0 Å². The van der Waals surface area contributed by atoms with Crippen molar-refractivity contribution in [3.8, 4) is 11.4 Å². The van der Waals surface area contributed by atoms with E-state index in [1.807, 2.05) is 30.3 Å². The van der Waals surface area contributed by atoms with E-state index in [0.717, 1.165) is 24.9 Å². The number of benzene rings is 1. The molecule has 4 N–H and O–H groups in total. The van der Waals surface area contributed by atoms with Crippen LogP contribution in [0.5, 0.6) is 5.75 Å². The number of carbonyl (C=O) groups excluding carboxylic acids is 1. The predicted molar refractivity (Wildman–Crippen MR) is 90.1 cm³/mol. The first-order valence-electron chi connectivity index (χ1n) is 7.54. The molecule has 23 heavy (non-hydrogen) atoms. The van der Waals surface area contributed by atoms with Crippen LogP contribution in [0.4, 0.5) is 0 Å². The second-order valence-electron chi connectivity index (χ2n) is 5.65. The molecular weight excluding hydrogens is 316 g/mol. The fourth-order valence-electron chi connectivity index (χ4n) is 2.99. The molecule has 1 aliphatic carbocycles. The van der Waals surface area contributed by atoms with Gasteiger partial charge in [-0.3, -0.25) is 4.79 Å². The molecule has 1 saturated carbocycles. The summed E-state index contributed by atoms with van der Waals surface area (Å²) in [6.45, 7) is 0.565. The molecule has 1 amide bonds. The first-order chi connectivity index (χ1) is 10.7. The topological polar surface area (TPSA) is 93.2 Å². The Hall–Kier alpha value is -2.05. The Morgan fingerprint density at radius 2 is 2.09 bits per heavy atom. The molecule has 1 aliphatic rings. The number of rotatable bonds is 4. The number of nitrogens with zero attached hydrogens (tertiary/aromatic N) is 2. The van der Waals surface area contributed by atoms with Crippen molar-refractivity contribution in [3.05, 3.63) is 42.2 Å². The quantitative estimate of drug-likeness (QED) is 0.794. The van der Waals surface area contributed by atoms with Crippen LogP contribution in [0, 0.1) is 5.92 Å². The molecule has 0 radical (unpaired) electrons. The Balaban J connectivity index is 0.00000192. The van der Waals surface area contributed by atoms with E-state index in [1.54, 1.807) is 0 Å². The third kappa shape index (κ3) is 3.65. The summed E-state index contributed by atoms with van der Waals surface area (Å²) >= 11 is 0. The number of aromatic hydroxyl groups is 1. The molecule has 2 atom stereocenters. The minimum atomic E-state index is -0.350. The molecule has 1 heterocycles. The van der Waals surface area contributed by atoms with Crippen LogP contribution in [0.15, 0.2) is 36.5 Å². The van der Waals surface area contributed by atoms with Gasteiger partial charge in [-0.15, -0.1) is 12.4 Å². The Morgan fingerprint density at radius 3 is 2.78 bits per heavy atom. The summed E-state index contributed by atoms with van der Waals surface area (Å²) < 4.78 is 1.50. The van der Waals surface area contributed by atoms with E-state index in [-0.39, 0.29) is 35.8 Å². The van der Waals surface area contributed by atoms with E-state index in [1.165, 1.54) is 10.9 Å². The first-order valence-corrected chi connectivity index (χ1v) is 7.54. The van der Waals surface area contributed by atoms with Crippen molar-refractivity contribution in [1.82, 2.24) is 15.1 Å². The Morgan fingerprint density at radius 1 is 1.35 bits per heavy atom. The lowest BCUT2D eigenvalue weighted by atomic mass is 10.0. The van der Waals surface area contributed by atoms with E-state index in [0.29, 0.717) is 12.5 Å². The van der Waals surface area contributed by atoms with E-state index >= 15 is 0 Å². The molecule has 1 aromatic heterocycles. The summed E-state index contributed by atoms with van der Waals surface area (Å²) in [5.41, 5.74) is 6.57. The Kier molecular flexibility index (Phi) is 5.63. The maximum absolute atomic E-state index is 12.3. The van der Waals surface area contributed by atoms with Gasteiger partial charge in [-0.2, -0.15) is 5.10 Å². The minimum Gasteiger partial charge on any atom is -0.504 e. The van der Waals surface area contributed by atoms with Crippen molar-refractivity contribution in [2.75, 3.05) is 6.54 Å². The van der Waals surface area contributed by atoms with Gasteiger partial charge in [0.1, 0.15) is 0 Å². The van der Waals surface area contributed by atoms with Gasteiger partial charge in [-0.25, -0.2) is 4.68 Å².